The van der Waals surface area contributed by atoms with Crippen molar-refractivity contribution in [1.82, 2.24) is 15.2 Å². The third-order valence-corrected chi connectivity index (χ3v) is 8.21. The van der Waals surface area contributed by atoms with Crippen LogP contribution in [0.3, 0.4) is 0 Å². The van der Waals surface area contributed by atoms with Gasteiger partial charge in [0, 0.05) is 51.5 Å². The molecule has 2 aliphatic heterocycles. The third-order valence-electron chi connectivity index (χ3n) is 8.21. The highest BCUT2D eigenvalue weighted by atomic mass is 19.1. The van der Waals surface area contributed by atoms with Crippen molar-refractivity contribution in [2.24, 2.45) is 11.3 Å². The van der Waals surface area contributed by atoms with E-state index in [2.05, 4.69) is 40.9 Å². The topological polar surface area (TPSA) is 57.7 Å². The number of aromatic nitrogens is 1. The summed E-state index contributed by atoms with van der Waals surface area (Å²) in [6, 6.07) is 4.10. The first kappa shape index (κ1) is 23.4. The molecule has 3 heterocycles. The summed E-state index contributed by atoms with van der Waals surface area (Å²) in [6.45, 7) is 11.9. The molecule has 1 saturated carbocycles. The van der Waals surface area contributed by atoms with Gasteiger partial charge in [-0.15, -0.1) is 0 Å². The number of ether oxygens (including phenoxy) is 1. The molecule has 6 nitrogen and oxygen atoms in total. The first-order valence-electron chi connectivity index (χ1n) is 12.4. The summed E-state index contributed by atoms with van der Waals surface area (Å²) in [4.78, 5) is 21.1. The molecule has 0 radical (unpaired) electrons. The largest absolute Gasteiger partial charge is 0.381 e. The lowest BCUT2D eigenvalue weighted by molar-refractivity contribution is 0.0693. The highest BCUT2D eigenvalue weighted by Crippen LogP contribution is 2.43. The maximum Gasteiger partial charge on any atom is 0.270 e. The Kier molecular flexibility index (Phi) is 7.35. The quantitative estimate of drug-likeness (QED) is 0.673. The van der Waals surface area contributed by atoms with E-state index in [1.807, 2.05) is 0 Å². The Morgan fingerprint density at radius 1 is 1.16 bits per heavy atom. The van der Waals surface area contributed by atoms with Crippen LogP contribution in [0.15, 0.2) is 12.1 Å². The molecule has 4 rings (SSSR count). The smallest absolute Gasteiger partial charge is 0.270 e. The second-order valence-electron chi connectivity index (χ2n) is 10.4. The first-order valence-corrected chi connectivity index (χ1v) is 12.4. The van der Waals surface area contributed by atoms with Crippen molar-refractivity contribution in [2.45, 2.75) is 71.4 Å². The van der Waals surface area contributed by atoms with E-state index in [9.17, 15) is 9.18 Å². The van der Waals surface area contributed by atoms with Crippen molar-refractivity contribution >= 4 is 11.6 Å². The molecule has 3 fully saturated rings. The summed E-state index contributed by atoms with van der Waals surface area (Å²) in [6.07, 6.45) is 6.69. The molecule has 1 N–H and O–H groups in total. The van der Waals surface area contributed by atoms with Gasteiger partial charge in [-0.3, -0.25) is 9.69 Å². The fraction of sp³-hybridized carbons (Fsp3) is 0.760. The average Bonchev–Trinajstić information content (AvgIpc) is 3.31. The van der Waals surface area contributed by atoms with E-state index in [0.29, 0.717) is 30.4 Å². The van der Waals surface area contributed by atoms with Crippen LogP contribution in [0, 0.1) is 17.3 Å². The molecule has 1 aromatic heterocycles. The second kappa shape index (κ2) is 10.0. The Bertz CT molecular complexity index is 788. The number of anilines is 1. The molecule has 3 aliphatic rings. The lowest BCUT2D eigenvalue weighted by Gasteiger charge is -2.39. The number of carbonyl (C=O) groups is 1. The van der Waals surface area contributed by atoms with Crippen molar-refractivity contribution in [1.29, 1.82) is 0 Å². The normalized spacial score (nSPS) is 25.8. The molecular formula is C25H39FN4O2. The number of piperazine rings is 1. The number of pyridine rings is 1. The number of carbonyl (C=O) groups excluding carboxylic acids is 1. The van der Waals surface area contributed by atoms with E-state index in [-0.39, 0.29) is 17.6 Å². The molecule has 1 aromatic rings. The average molecular weight is 447 g/mol. The van der Waals surface area contributed by atoms with Crippen molar-refractivity contribution in [2.75, 3.05) is 44.3 Å². The minimum atomic E-state index is -0.552. The molecule has 0 aromatic carbocycles. The zero-order chi connectivity index (χ0) is 22.7. The fourth-order valence-electron chi connectivity index (χ4n) is 5.51. The van der Waals surface area contributed by atoms with Crippen molar-refractivity contribution in [3.05, 3.63) is 23.8 Å². The van der Waals surface area contributed by atoms with Gasteiger partial charge in [-0.05, 0) is 55.6 Å². The van der Waals surface area contributed by atoms with E-state index in [4.69, 9.17) is 4.74 Å². The van der Waals surface area contributed by atoms with E-state index >= 15 is 0 Å². The van der Waals surface area contributed by atoms with Gasteiger partial charge in [0.05, 0.1) is 5.69 Å². The minimum absolute atomic E-state index is 0.0759. The lowest BCUT2D eigenvalue weighted by atomic mass is 9.76. The number of amides is 1. The number of nitrogens with one attached hydrogen (secondary N) is 1. The van der Waals surface area contributed by atoms with E-state index in [1.165, 1.54) is 25.7 Å². The fourth-order valence-corrected chi connectivity index (χ4v) is 5.51. The van der Waals surface area contributed by atoms with Crippen LogP contribution in [0.1, 0.15) is 69.8 Å². The Balaban J connectivity index is 1.30. The lowest BCUT2D eigenvalue weighted by Crippen LogP contribution is -2.50. The minimum Gasteiger partial charge on any atom is -0.381 e. The SMILES string of the molecule is CCC(C)(C)C1CC[C@@H](N2CCN(c3ccc(C(=O)NC4CCOCC4)nc3F)CC2)C1. The zero-order valence-corrected chi connectivity index (χ0v) is 19.9. The number of halogens is 1. The Labute approximate surface area is 191 Å². The van der Waals surface area contributed by atoms with Gasteiger partial charge in [-0.25, -0.2) is 4.98 Å². The van der Waals surface area contributed by atoms with Crippen LogP contribution in [-0.2, 0) is 4.74 Å². The predicted octanol–water partition coefficient (Wildman–Crippen LogP) is 3.86. The number of hydrogen-bond donors (Lipinski definition) is 1. The van der Waals surface area contributed by atoms with Gasteiger partial charge in [-0.1, -0.05) is 27.2 Å². The third kappa shape index (κ3) is 5.25. The summed E-state index contributed by atoms with van der Waals surface area (Å²) in [5, 5.41) is 2.95. The maximum atomic E-state index is 14.8. The zero-order valence-electron chi connectivity index (χ0n) is 19.9. The Morgan fingerprint density at radius 2 is 1.88 bits per heavy atom. The van der Waals surface area contributed by atoms with Crippen LogP contribution >= 0.6 is 0 Å². The molecule has 32 heavy (non-hydrogen) atoms. The Morgan fingerprint density at radius 3 is 2.53 bits per heavy atom. The molecule has 2 atom stereocenters. The van der Waals surface area contributed by atoms with E-state index in [1.54, 1.807) is 12.1 Å². The van der Waals surface area contributed by atoms with Crippen molar-refractivity contribution < 1.29 is 13.9 Å². The molecule has 2 saturated heterocycles. The predicted molar refractivity (Wildman–Crippen MR) is 124 cm³/mol. The van der Waals surface area contributed by atoms with Crippen LogP contribution in [0.25, 0.3) is 0 Å². The van der Waals surface area contributed by atoms with Crippen molar-refractivity contribution in [3.8, 4) is 0 Å². The summed E-state index contributed by atoms with van der Waals surface area (Å²) in [7, 11) is 0. The number of hydrogen-bond acceptors (Lipinski definition) is 5. The van der Waals surface area contributed by atoms with Gasteiger partial charge in [0.1, 0.15) is 5.69 Å². The summed E-state index contributed by atoms with van der Waals surface area (Å²) >= 11 is 0. The van der Waals surface area contributed by atoms with Gasteiger partial charge in [0.15, 0.2) is 0 Å². The van der Waals surface area contributed by atoms with Crippen LogP contribution < -0.4 is 10.2 Å². The van der Waals surface area contributed by atoms with Crippen LogP contribution in [0.4, 0.5) is 10.1 Å². The number of nitrogens with zero attached hydrogens (tertiary/aromatic N) is 3. The molecular weight excluding hydrogens is 407 g/mol. The van der Waals surface area contributed by atoms with Crippen LogP contribution in [0.5, 0.6) is 0 Å². The highest BCUT2D eigenvalue weighted by molar-refractivity contribution is 5.92. The van der Waals surface area contributed by atoms with E-state index < -0.39 is 5.95 Å². The maximum absolute atomic E-state index is 14.8. The summed E-state index contributed by atoms with van der Waals surface area (Å²) in [5.41, 5.74) is 1.07. The molecule has 1 unspecified atom stereocenters. The van der Waals surface area contributed by atoms with Gasteiger partial charge < -0.3 is 15.0 Å². The van der Waals surface area contributed by atoms with Gasteiger partial charge in [0.25, 0.3) is 5.91 Å². The van der Waals surface area contributed by atoms with Gasteiger partial charge >= 0.3 is 0 Å². The van der Waals surface area contributed by atoms with Crippen LogP contribution in [0.2, 0.25) is 0 Å². The molecule has 178 valence electrons. The summed E-state index contributed by atoms with van der Waals surface area (Å²) in [5.74, 6) is -0.0568. The monoisotopic (exact) mass is 446 g/mol. The first-order chi connectivity index (χ1) is 15.4. The van der Waals surface area contributed by atoms with Crippen LogP contribution in [-0.4, -0.2) is 67.3 Å². The highest BCUT2D eigenvalue weighted by Gasteiger charge is 2.38. The number of rotatable bonds is 6. The van der Waals surface area contributed by atoms with Crippen molar-refractivity contribution in [3.63, 3.8) is 0 Å². The molecule has 1 amide bonds. The van der Waals surface area contributed by atoms with Gasteiger partial charge in [0.2, 0.25) is 5.95 Å². The molecule has 7 heteroatoms. The Hall–Kier alpha value is -1.73. The van der Waals surface area contributed by atoms with E-state index in [0.717, 1.165) is 44.9 Å². The summed E-state index contributed by atoms with van der Waals surface area (Å²) < 4.78 is 20.1. The van der Waals surface area contributed by atoms with Gasteiger partial charge in [-0.2, -0.15) is 4.39 Å². The molecule has 0 bridgehead atoms. The molecule has 0 spiro atoms. The standard InChI is InChI=1S/C25H39FN4O2/c1-4-25(2,3)18-5-6-20(17-18)29-11-13-30(14-12-29)22-8-7-21(28-23(22)26)24(31)27-19-9-15-32-16-10-19/h7-8,18-20H,4-6,9-17H2,1-3H3,(H,27,31)/t18?,20-/m1/s1. The molecule has 1 aliphatic carbocycles. The second-order valence-corrected chi connectivity index (χ2v) is 10.4.